The van der Waals surface area contributed by atoms with Gasteiger partial charge in [-0.25, -0.2) is 18.6 Å². The molecule has 0 saturated heterocycles. The molecule has 4 N–H and O–H groups in total. The summed E-state index contributed by atoms with van der Waals surface area (Å²) < 4.78 is 31.5. The van der Waals surface area contributed by atoms with Gasteiger partial charge in [-0.1, -0.05) is 11.6 Å². The number of carboxylic acid groups (broad SMARTS) is 1. The average Bonchev–Trinajstić information content (AvgIpc) is 3.29. The van der Waals surface area contributed by atoms with Crippen LogP contribution >= 0.6 is 11.6 Å². The lowest BCUT2D eigenvalue weighted by Gasteiger charge is -2.05. The van der Waals surface area contributed by atoms with Crippen molar-refractivity contribution in [1.29, 1.82) is 0 Å². The van der Waals surface area contributed by atoms with Crippen LogP contribution in [0.3, 0.4) is 0 Å². The van der Waals surface area contributed by atoms with Gasteiger partial charge < -0.3 is 20.2 Å². The third kappa shape index (κ3) is 4.43. The zero-order chi connectivity index (χ0) is 22.0. The van der Waals surface area contributed by atoms with Gasteiger partial charge in [-0.15, -0.1) is 0 Å². The van der Waals surface area contributed by atoms with Crippen molar-refractivity contribution in [1.82, 2.24) is 20.5 Å². The molecule has 0 unspecified atom stereocenters. The Balaban J connectivity index is 1.63. The highest BCUT2D eigenvalue weighted by atomic mass is 35.5. The zero-order valence-corrected chi connectivity index (χ0v) is 15.8. The van der Waals surface area contributed by atoms with Gasteiger partial charge in [-0.3, -0.25) is 14.7 Å². The Kier molecular flexibility index (Phi) is 5.78. The lowest BCUT2D eigenvalue weighted by molar-refractivity contribution is 0.0659. The molecule has 156 valence electrons. The molecule has 2 aromatic heterocycles. The van der Waals surface area contributed by atoms with E-state index in [1.165, 1.54) is 13.0 Å². The predicted octanol–water partition coefficient (Wildman–Crippen LogP) is 2.52. The number of aryl methyl sites for hydroxylation is 1. The van der Waals surface area contributed by atoms with Crippen LogP contribution in [0, 0.1) is 18.6 Å². The number of aromatic amines is 1. The molecule has 0 atom stereocenters. The standard InChI is InChI=1S/C17H12ClF2N5O5/c1-6-14(17(28)29)30-13(22-6)5-21-16(27)11-4-12(25-24-11)23-15(26)7-2-9(19)10(20)3-8(7)18/h2-4H,5H2,1H3,(H,21,27)(H,28,29)(H2,23,24,25,26). The van der Waals surface area contributed by atoms with Crippen LogP contribution in [0.2, 0.25) is 5.02 Å². The lowest BCUT2D eigenvalue weighted by atomic mass is 10.2. The van der Waals surface area contributed by atoms with Crippen LogP contribution in [0.25, 0.3) is 0 Å². The number of carbonyl (C=O) groups is 3. The first kappa shape index (κ1) is 20.9. The minimum Gasteiger partial charge on any atom is -0.475 e. The highest BCUT2D eigenvalue weighted by Crippen LogP contribution is 2.21. The molecular formula is C17H12ClF2N5O5. The van der Waals surface area contributed by atoms with Gasteiger partial charge in [-0.05, 0) is 19.1 Å². The second-order valence-electron chi connectivity index (χ2n) is 5.88. The Bertz CT molecular complexity index is 1160. The van der Waals surface area contributed by atoms with Gasteiger partial charge in [0.15, 0.2) is 17.3 Å². The Hall–Kier alpha value is -3.80. The summed E-state index contributed by atoms with van der Waals surface area (Å²) in [5.41, 5.74) is -0.277. The van der Waals surface area contributed by atoms with Gasteiger partial charge >= 0.3 is 5.97 Å². The molecule has 0 aliphatic heterocycles. The number of hydrogen-bond acceptors (Lipinski definition) is 6. The number of oxazole rings is 1. The molecule has 0 bridgehead atoms. The average molecular weight is 440 g/mol. The van der Waals surface area contributed by atoms with Crippen LogP contribution in [-0.4, -0.2) is 38.1 Å². The highest BCUT2D eigenvalue weighted by Gasteiger charge is 2.19. The number of amides is 2. The van der Waals surface area contributed by atoms with Gasteiger partial charge in [0.1, 0.15) is 5.82 Å². The summed E-state index contributed by atoms with van der Waals surface area (Å²) in [6, 6.07) is 2.49. The van der Waals surface area contributed by atoms with E-state index in [-0.39, 0.29) is 46.0 Å². The van der Waals surface area contributed by atoms with E-state index >= 15 is 0 Å². The van der Waals surface area contributed by atoms with Gasteiger partial charge in [0.05, 0.1) is 22.8 Å². The fraction of sp³-hybridized carbons (Fsp3) is 0.118. The van der Waals surface area contributed by atoms with Crippen molar-refractivity contribution < 1.29 is 32.7 Å². The summed E-state index contributed by atoms with van der Waals surface area (Å²) in [7, 11) is 0. The molecular weight excluding hydrogens is 428 g/mol. The third-order valence-electron chi connectivity index (χ3n) is 3.75. The van der Waals surface area contributed by atoms with E-state index in [9.17, 15) is 23.2 Å². The molecule has 0 aliphatic rings. The molecule has 0 aliphatic carbocycles. The van der Waals surface area contributed by atoms with Crippen molar-refractivity contribution in [2.75, 3.05) is 5.32 Å². The van der Waals surface area contributed by atoms with Crippen molar-refractivity contribution in [3.05, 3.63) is 63.5 Å². The minimum absolute atomic E-state index is 0.00826. The SMILES string of the molecule is Cc1nc(CNC(=O)c2cc(NC(=O)c3cc(F)c(F)cc3Cl)[nH]n2)oc1C(=O)O. The molecule has 0 radical (unpaired) electrons. The monoisotopic (exact) mass is 439 g/mol. The van der Waals surface area contributed by atoms with Crippen molar-refractivity contribution in [3.63, 3.8) is 0 Å². The first-order chi connectivity index (χ1) is 14.2. The summed E-state index contributed by atoms with van der Waals surface area (Å²) >= 11 is 5.74. The van der Waals surface area contributed by atoms with Crippen LogP contribution in [0.1, 0.15) is 43.0 Å². The second kappa shape index (κ2) is 8.29. The Morgan fingerprint density at radius 3 is 2.57 bits per heavy atom. The van der Waals surface area contributed by atoms with Crippen LogP contribution in [-0.2, 0) is 6.54 Å². The van der Waals surface area contributed by atoms with Crippen molar-refractivity contribution in [3.8, 4) is 0 Å². The predicted molar refractivity (Wildman–Crippen MR) is 97.3 cm³/mol. The molecule has 13 heteroatoms. The van der Waals surface area contributed by atoms with E-state index < -0.39 is 29.4 Å². The summed E-state index contributed by atoms with van der Waals surface area (Å²) in [6.07, 6.45) is 0. The molecule has 10 nitrogen and oxygen atoms in total. The summed E-state index contributed by atoms with van der Waals surface area (Å²) in [5, 5.41) is 19.5. The molecule has 3 rings (SSSR count). The minimum atomic E-state index is -1.29. The third-order valence-corrected chi connectivity index (χ3v) is 4.06. The number of carboxylic acids is 1. The fourth-order valence-corrected chi connectivity index (χ4v) is 2.60. The number of hydrogen-bond donors (Lipinski definition) is 4. The molecule has 1 aromatic carbocycles. The lowest BCUT2D eigenvalue weighted by Crippen LogP contribution is -2.23. The maximum absolute atomic E-state index is 13.3. The van der Waals surface area contributed by atoms with E-state index in [0.717, 1.165) is 0 Å². The number of H-pyrrole nitrogens is 1. The van der Waals surface area contributed by atoms with Gasteiger partial charge in [0, 0.05) is 6.07 Å². The first-order valence-electron chi connectivity index (χ1n) is 8.14. The van der Waals surface area contributed by atoms with Crippen LogP contribution in [0.15, 0.2) is 22.6 Å². The Morgan fingerprint density at radius 1 is 1.20 bits per heavy atom. The number of aromatic nitrogens is 3. The normalized spacial score (nSPS) is 10.7. The number of halogens is 3. The molecule has 30 heavy (non-hydrogen) atoms. The summed E-state index contributed by atoms with van der Waals surface area (Å²) in [6.45, 7) is 1.24. The number of rotatable bonds is 6. The number of aromatic carboxylic acids is 1. The smallest absolute Gasteiger partial charge is 0.373 e. The van der Waals surface area contributed by atoms with Gasteiger partial charge in [0.25, 0.3) is 11.8 Å². The summed E-state index contributed by atoms with van der Waals surface area (Å²) in [5.74, 6) is -5.63. The van der Waals surface area contributed by atoms with Crippen LogP contribution in [0.5, 0.6) is 0 Å². The number of nitrogens with one attached hydrogen (secondary N) is 3. The van der Waals surface area contributed by atoms with E-state index in [4.69, 9.17) is 21.1 Å². The van der Waals surface area contributed by atoms with Crippen molar-refractivity contribution >= 4 is 35.2 Å². The molecule has 3 aromatic rings. The topological polar surface area (TPSA) is 150 Å². The molecule has 0 spiro atoms. The van der Waals surface area contributed by atoms with E-state index in [0.29, 0.717) is 12.1 Å². The van der Waals surface area contributed by atoms with Gasteiger partial charge in [0.2, 0.25) is 11.7 Å². The molecule has 2 heterocycles. The Labute approximate surface area is 171 Å². The van der Waals surface area contributed by atoms with E-state index in [2.05, 4.69) is 25.8 Å². The maximum atomic E-state index is 13.3. The Morgan fingerprint density at radius 2 is 1.90 bits per heavy atom. The number of anilines is 1. The largest absolute Gasteiger partial charge is 0.475 e. The number of benzene rings is 1. The molecule has 0 saturated carbocycles. The molecule has 0 fully saturated rings. The van der Waals surface area contributed by atoms with Crippen LogP contribution < -0.4 is 10.6 Å². The highest BCUT2D eigenvalue weighted by molar-refractivity contribution is 6.34. The van der Waals surface area contributed by atoms with Crippen molar-refractivity contribution in [2.24, 2.45) is 0 Å². The quantitative estimate of drug-likeness (QED) is 0.431. The van der Waals surface area contributed by atoms with Gasteiger partial charge in [-0.2, -0.15) is 5.10 Å². The second-order valence-corrected chi connectivity index (χ2v) is 6.28. The first-order valence-corrected chi connectivity index (χ1v) is 8.52. The zero-order valence-electron chi connectivity index (χ0n) is 15.0. The van der Waals surface area contributed by atoms with Crippen LogP contribution in [0.4, 0.5) is 14.6 Å². The van der Waals surface area contributed by atoms with E-state index in [1.807, 2.05) is 0 Å². The fourth-order valence-electron chi connectivity index (χ4n) is 2.36. The number of carbonyl (C=O) groups excluding carboxylic acids is 2. The van der Waals surface area contributed by atoms with Crippen molar-refractivity contribution in [2.45, 2.75) is 13.5 Å². The maximum Gasteiger partial charge on any atom is 0.373 e. The summed E-state index contributed by atoms with van der Waals surface area (Å²) in [4.78, 5) is 39.1. The molecule has 2 amide bonds. The number of nitrogens with zero attached hydrogens (tertiary/aromatic N) is 2. The van der Waals surface area contributed by atoms with E-state index in [1.54, 1.807) is 0 Å².